The van der Waals surface area contributed by atoms with E-state index in [-0.39, 0.29) is 6.04 Å². The summed E-state index contributed by atoms with van der Waals surface area (Å²) in [5.41, 5.74) is 0. The summed E-state index contributed by atoms with van der Waals surface area (Å²) in [6.07, 6.45) is -1.79. The minimum absolute atomic E-state index is 0.123. The van der Waals surface area contributed by atoms with Crippen LogP contribution in [0.2, 0.25) is 0 Å². The third-order valence-electron chi connectivity index (χ3n) is 1.94. The normalized spacial score (nSPS) is 20.3. The lowest BCUT2D eigenvalue weighted by Crippen LogP contribution is -2.41. The zero-order valence-electron chi connectivity index (χ0n) is 7.62. The van der Waals surface area contributed by atoms with Crippen molar-refractivity contribution in [3.8, 4) is 0 Å². The minimum Gasteiger partial charge on any atom is -0.312 e. The second-order valence-electron chi connectivity index (χ2n) is 3.58. The minimum atomic E-state index is -4.10. The van der Waals surface area contributed by atoms with Gasteiger partial charge in [-0.05, 0) is 19.8 Å². The molecule has 0 aromatic heterocycles. The van der Waals surface area contributed by atoms with E-state index < -0.39 is 12.7 Å². The molecule has 1 unspecified atom stereocenters. The third-order valence-corrected chi connectivity index (χ3v) is 1.94. The van der Waals surface area contributed by atoms with Crippen molar-refractivity contribution < 1.29 is 13.2 Å². The molecule has 78 valence electrons. The molecule has 0 aromatic carbocycles. The molecule has 0 heterocycles. The maximum absolute atomic E-state index is 11.7. The Balaban J connectivity index is 1.99. The monoisotopic (exact) mass is 196 g/mol. The molecule has 0 radical (unpaired) electrons. The van der Waals surface area contributed by atoms with Gasteiger partial charge in [0.15, 0.2) is 0 Å². The summed E-state index contributed by atoms with van der Waals surface area (Å²) in [5.74, 6) is 0. The number of halogens is 3. The van der Waals surface area contributed by atoms with Gasteiger partial charge in [-0.2, -0.15) is 13.2 Å². The predicted molar refractivity (Wildman–Crippen MR) is 44.5 cm³/mol. The Kier molecular flexibility index (Phi) is 3.55. The number of rotatable bonds is 5. The second-order valence-corrected chi connectivity index (χ2v) is 3.58. The molecular formula is C8H15F3N2. The fourth-order valence-electron chi connectivity index (χ4n) is 0.993. The zero-order chi connectivity index (χ0) is 9.90. The third kappa shape index (κ3) is 5.87. The number of nitrogens with one attached hydrogen (secondary N) is 2. The lowest BCUT2D eigenvalue weighted by atomic mass is 10.3. The molecule has 2 nitrogen and oxygen atoms in total. The van der Waals surface area contributed by atoms with Crippen molar-refractivity contribution in [3.63, 3.8) is 0 Å². The van der Waals surface area contributed by atoms with Crippen LogP contribution < -0.4 is 10.6 Å². The van der Waals surface area contributed by atoms with Crippen LogP contribution in [0.1, 0.15) is 19.8 Å². The van der Waals surface area contributed by atoms with Crippen LogP contribution in [0.4, 0.5) is 13.2 Å². The van der Waals surface area contributed by atoms with E-state index in [1.807, 2.05) is 0 Å². The Hall–Kier alpha value is -0.290. The van der Waals surface area contributed by atoms with E-state index in [1.54, 1.807) is 6.92 Å². The highest BCUT2D eigenvalue weighted by atomic mass is 19.4. The summed E-state index contributed by atoms with van der Waals surface area (Å²) in [5, 5.41) is 5.58. The van der Waals surface area contributed by atoms with Crippen molar-refractivity contribution in [2.24, 2.45) is 0 Å². The molecule has 1 fully saturated rings. The first-order valence-electron chi connectivity index (χ1n) is 4.51. The molecule has 1 aliphatic rings. The molecule has 1 aliphatic carbocycles. The molecular weight excluding hydrogens is 181 g/mol. The van der Waals surface area contributed by atoms with E-state index in [2.05, 4.69) is 10.6 Å². The van der Waals surface area contributed by atoms with Gasteiger partial charge in [0.1, 0.15) is 0 Å². The van der Waals surface area contributed by atoms with Crippen LogP contribution in [0.3, 0.4) is 0 Å². The largest absolute Gasteiger partial charge is 0.401 e. The van der Waals surface area contributed by atoms with Gasteiger partial charge >= 0.3 is 6.18 Å². The molecule has 1 atom stereocenters. The van der Waals surface area contributed by atoms with Crippen LogP contribution in [-0.4, -0.2) is 31.3 Å². The van der Waals surface area contributed by atoms with Crippen LogP contribution in [-0.2, 0) is 0 Å². The van der Waals surface area contributed by atoms with E-state index in [4.69, 9.17) is 0 Å². The Labute approximate surface area is 75.9 Å². The molecule has 0 amide bonds. The molecule has 5 heteroatoms. The van der Waals surface area contributed by atoms with Gasteiger partial charge in [0.2, 0.25) is 0 Å². The van der Waals surface area contributed by atoms with E-state index >= 15 is 0 Å². The van der Waals surface area contributed by atoms with Crippen LogP contribution in [0, 0.1) is 0 Å². The van der Waals surface area contributed by atoms with Crippen molar-refractivity contribution >= 4 is 0 Å². The van der Waals surface area contributed by atoms with E-state index in [1.165, 1.54) is 0 Å². The first-order valence-corrected chi connectivity index (χ1v) is 4.51. The second kappa shape index (κ2) is 4.28. The standard InChI is InChI=1S/C8H15F3N2/c1-6(4-12-7-2-3-7)13-5-8(9,10)11/h6-7,12-13H,2-5H2,1H3. The van der Waals surface area contributed by atoms with Gasteiger partial charge in [-0.15, -0.1) is 0 Å². The first kappa shape index (κ1) is 10.8. The van der Waals surface area contributed by atoms with Crippen LogP contribution in [0.15, 0.2) is 0 Å². The average molecular weight is 196 g/mol. The Morgan fingerprint density at radius 1 is 1.38 bits per heavy atom. The molecule has 0 aromatic rings. The quantitative estimate of drug-likeness (QED) is 0.692. The number of alkyl halides is 3. The van der Waals surface area contributed by atoms with Gasteiger partial charge in [0.05, 0.1) is 6.54 Å². The van der Waals surface area contributed by atoms with Gasteiger partial charge in [-0.1, -0.05) is 0 Å². The van der Waals surface area contributed by atoms with Crippen molar-refractivity contribution in [2.75, 3.05) is 13.1 Å². The molecule has 0 bridgehead atoms. The molecule has 0 aliphatic heterocycles. The van der Waals surface area contributed by atoms with E-state index in [0.29, 0.717) is 12.6 Å². The number of hydrogen-bond donors (Lipinski definition) is 2. The summed E-state index contributed by atoms with van der Waals surface area (Å²) in [7, 11) is 0. The van der Waals surface area contributed by atoms with E-state index in [9.17, 15) is 13.2 Å². The molecule has 0 spiro atoms. The highest BCUT2D eigenvalue weighted by Gasteiger charge is 2.27. The van der Waals surface area contributed by atoms with Crippen LogP contribution in [0.25, 0.3) is 0 Å². The van der Waals surface area contributed by atoms with E-state index in [0.717, 1.165) is 12.8 Å². The zero-order valence-corrected chi connectivity index (χ0v) is 7.62. The van der Waals surface area contributed by atoms with Gasteiger partial charge in [0.25, 0.3) is 0 Å². The van der Waals surface area contributed by atoms with Crippen molar-refractivity contribution in [3.05, 3.63) is 0 Å². The topological polar surface area (TPSA) is 24.1 Å². The SMILES string of the molecule is CC(CNC1CC1)NCC(F)(F)F. The summed E-state index contributed by atoms with van der Waals surface area (Å²) in [4.78, 5) is 0. The van der Waals surface area contributed by atoms with Gasteiger partial charge in [-0.3, -0.25) is 0 Å². The van der Waals surface area contributed by atoms with Crippen molar-refractivity contribution in [2.45, 2.75) is 38.0 Å². The summed E-state index contributed by atoms with van der Waals surface area (Å²) < 4.78 is 35.2. The Bertz CT molecular complexity index is 154. The van der Waals surface area contributed by atoms with Crippen molar-refractivity contribution in [1.29, 1.82) is 0 Å². The van der Waals surface area contributed by atoms with Crippen molar-refractivity contribution in [1.82, 2.24) is 10.6 Å². The number of hydrogen-bond acceptors (Lipinski definition) is 2. The fourth-order valence-corrected chi connectivity index (χ4v) is 0.993. The first-order chi connectivity index (χ1) is 5.97. The highest BCUT2D eigenvalue weighted by molar-refractivity contribution is 4.82. The summed E-state index contributed by atoms with van der Waals surface area (Å²) in [6, 6.07) is 0.428. The average Bonchev–Trinajstić information content (AvgIpc) is 2.78. The molecule has 13 heavy (non-hydrogen) atoms. The highest BCUT2D eigenvalue weighted by Crippen LogP contribution is 2.18. The van der Waals surface area contributed by atoms with Crippen LogP contribution in [0.5, 0.6) is 0 Å². The summed E-state index contributed by atoms with van der Waals surface area (Å²) >= 11 is 0. The van der Waals surface area contributed by atoms with Crippen LogP contribution >= 0.6 is 0 Å². The predicted octanol–water partition coefficient (Wildman–Crippen LogP) is 1.28. The smallest absolute Gasteiger partial charge is 0.312 e. The Morgan fingerprint density at radius 3 is 2.46 bits per heavy atom. The van der Waals surface area contributed by atoms with Gasteiger partial charge in [-0.25, -0.2) is 0 Å². The Morgan fingerprint density at radius 2 is 2.00 bits per heavy atom. The molecule has 1 saturated carbocycles. The van der Waals surface area contributed by atoms with Gasteiger partial charge in [0, 0.05) is 18.6 Å². The lowest BCUT2D eigenvalue weighted by Gasteiger charge is -2.15. The fraction of sp³-hybridized carbons (Fsp3) is 1.00. The lowest BCUT2D eigenvalue weighted by molar-refractivity contribution is -0.125. The maximum atomic E-state index is 11.7. The summed E-state index contributed by atoms with van der Waals surface area (Å²) in [6.45, 7) is 1.46. The van der Waals surface area contributed by atoms with Gasteiger partial charge < -0.3 is 10.6 Å². The maximum Gasteiger partial charge on any atom is 0.401 e. The molecule has 1 rings (SSSR count). The molecule has 0 saturated heterocycles. The molecule has 2 N–H and O–H groups in total.